The van der Waals surface area contributed by atoms with E-state index < -0.39 is 5.60 Å². The van der Waals surface area contributed by atoms with Crippen molar-refractivity contribution < 1.29 is 19.1 Å². The first kappa shape index (κ1) is 18.7. The predicted molar refractivity (Wildman–Crippen MR) is 95.6 cm³/mol. The van der Waals surface area contributed by atoms with Crippen LogP contribution >= 0.6 is 0 Å². The van der Waals surface area contributed by atoms with Crippen molar-refractivity contribution in [3.05, 3.63) is 52.5 Å². The third-order valence-corrected chi connectivity index (χ3v) is 4.02. The van der Waals surface area contributed by atoms with E-state index in [1.54, 1.807) is 45.0 Å². The second kappa shape index (κ2) is 7.11. The zero-order valence-corrected chi connectivity index (χ0v) is 15.2. The van der Waals surface area contributed by atoms with Crippen molar-refractivity contribution in [3.63, 3.8) is 0 Å². The van der Waals surface area contributed by atoms with Gasteiger partial charge in [0, 0.05) is 23.7 Å². The Balaban J connectivity index is 2.12. The number of nitrogens with one attached hydrogen (secondary N) is 2. The summed E-state index contributed by atoms with van der Waals surface area (Å²) in [4.78, 5) is 23.6. The summed E-state index contributed by atoms with van der Waals surface area (Å²) < 4.78 is 5.45. The molecule has 0 aliphatic carbocycles. The van der Waals surface area contributed by atoms with Gasteiger partial charge in [-0.2, -0.15) is 0 Å². The first-order valence-corrected chi connectivity index (χ1v) is 8.06. The molecule has 0 aliphatic heterocycles. The van der Waals surface area contributed by atoms with Crippen LogP contribution < -0.4 is 10.6 Å². The largest absolute Gasteiger partial charge is 0.466 e. The van der Waals surface area contributed by atoms with Crippen molar-refractivity contribution in [3.8, 4) is 0 Å². The topological polar surface area (TPSA) is 91.6 Å². The summed E-state index contributed by atoms with van der Waals surface area (Å²) in [5.41, 5.74) is 1.26. The maximum atomic E-state index is 12.4. The van der Waals surface area contributed by atoms with Crippen LogP contribution in [0.3, 0.4) is 0 Å². The molecule has 1 unspecified atom stereocenters. The molecule has 0 bridgehead atoms. The Bertz CT molecular complexity index is 806. The highest BCUT2D eigenvalue weighted by molar-refractivity contribution is 5.97. The second-order valence-corrected chi connectivity index (χ2v) is 6.49. The van der Waals surface area contributed by atoms with E-state index in [4.69, 9.17) is 4.42 Å². The molecule has 3 N–H and O–H groups in total. The van der Waals surface area contributed by atoms with Crippen LogP contribution in [0.5, 0.6) is 0 Å². The number of furan rings is 1. The zero-order chi connectivity index (χ0) is 18.8. The van der Waals surface area contributed by atoms with E-state index in [1.807, 2.05) is 6.92 Å². The van der Waals surface area contributed by atoms with Crippen molar-refractivity contribution in [1.82, 2.24) is 5.32 Å². The normalized spacial score (nSPS) is 13.2. The summed E-state index contributed by atoms with van der Waals surface area (Å²) in [7, 11) is 0. The van der Waals surface area contributed by atoms with Gasteiger partial charge < -0.3 is 20.2 Å². The van der Waals surface area contributed by atoms with Crippen LogP contribution in [-0.2, 0) is 10.4 Å². The smallest absolute Gasteiger partial charge is 0.251 e. The van der Waals surface area contributed by atoms with E-state index >= 15 is 0 Å². The van der Waals surface area contributed by atoms with Crippen LogP contribution in [0, 0.1) is 20.8 Å². The van der Waals surface area contributed by atoms with E-state index in [2.05, 4.69) is 10.6 Å². The third-order valence-electron chi connectivity index (χ3n) is 4.02. The molecule has 6 heteroatoms. The number of hydrogen-bond donors (Lipinski definition) is 3. The fourth-order valence-electron chi connectivity index (χ4n) is 2.70. The lowest BCUT2D eigenvalue weighted by Gasteiger charge is -2.23. The molecule has 0 radical (unpaired) electrons. The van der Waals surface area contributed by atoms with Gasteiger partial charge in [-0.25, -0.2) is 0 Å². The standard InChI is InChI=1S/C19H24N2O4/c1-11-6-7-15(9-17(11)21-14(4)22)18(23)20-10-19(5,24)16-8-12(2)25-13(16)3/h6-9,24H,10H2,1-5H3,(H,20,23)(H,21,22). The number of rotatable bonds is 5. The van der Waals surface area contributed by atoms with Gasteiger partial charge in [0.2, 0.25) is 5.91 Å². The Morgan fingerprint density at radius 2 is 1.88 bits per heavy atom. The van der Waals surface area contributed by atoms with Crippen LogP contribution in [0.2, 0.25) is 0 Å². The number of carbonyl (C=O) groups excluding carboxylic acids is 2. The molecule has 1 aromatic heterocycles. The number of aliphatic hydroxyl groups is 1. The van der Waals surface area contributed by atoms with Gasteiger partial charge in [0.05, 0.1) is 6.54 Å². The molecule has 0 saturated heterocycles. The van der Waals surface area contributed by atoms with Gasteiger partial charge in [-0.05, 0) is 51.5 Å². The molecule has 0 saturated carbocycles. The number of benzene rings is 1. The van der Waals surface area contributed by atoms with Gasteiger partial charge in [0.25, 0.3) is 5.91 Å². The number of hydrogen-bond acceptors (Lipinski definition) is 4. The molecule has 6 nitrogen and oxygen atoms in total. The summed E-state index contributed by atoms with van der Waals surface area (Å²) in [6, 6.07) is 6.83. The second-order valence-electron chi connectivity index (χ2n) is 6.49. The summed E-state index contributed by atoms with van der Waals surface area (Å²) in [5.74, 6) is 0.803. The summed E-state index contributed by atoms with van der Waals surface area (Å²) in [6.45, 7) is 8.51. The average Bonchev–Trinajstić information content (AvgIpc) is 2.86. The monoisotopic (exact) mass is 344 g/mol. The lowest BCUT2D eigenvalue weighted by Crippen LogP contribution is -2.38. The quantitative estimate of drug-likeness (QED) is 0.778. The maximum absolute atomic E-state index is 12.4. The summed E-state index contributed by atoms with van der Waals surface area (Å²) >= 11 is 0. The van der Waals surface area contributed by atoms with Gasteiger partial charge in [-0.15, -0.1) is 0 Å². The van der Waals surface area contributed by atoms with Crippen LogP contribution in [0.1, 0.15) is 46.9 Å². The van der Waals surface area contributed by atoms with E-state index in [-0.39, 0.29) is 18.4 Å². The molecule has 25 heavy (non-hydrogen) atoms. The van der Waals surface area contributed by atoms with Crippen LogP contribution in [-0.4, -0.2) is 23.5 Å². The molecule has 1 heterocycles. The van der Waals surface area contributed by atoms with Crippen LogP contribution in [0.15, 0.2) is 28.7 Å². The minimum absolute atomic E-state index is 0.0367. The lowest BCUT2D eigenvalue weighted by atomic mass is 9.96. The van der Waals surface area contributed by atoms with E-state index in [9.17, 15) is 14.7 Å². The van der Waals surface area contributed by atoms with Crippen molar-refractivity contribution >= 4 is 17.5 Å². The predicted octanol–water partition coefficient (Wildman–Crippen LogP) is 2.80. The zero-order valence-electron chi connectivity index (χ0n) is 15.2. The van der Waals surface area contributed by atoms with Gasteiger partial charge in [-0.1, -0.05) is 6.07 Å². The molecule has 2 amide bonds. The lowest BCUT2D eigenvalue weighted by molar-refractivity contribution is -0.114. The first-order valence-electron chi connectivity index (χ1n) is 8.06. The van der Waals surface area contributed by atoms with E-state index in [0.717, 1.165) is 5.56 Å². The Morgan fingerprint density at radius 1 is 1.20 bits per heavy atom. The highest BCUT2D eigenvalue weighted by atomic mass is 16.3. The number of anilines is 1. The fraction of sp³-hybridized carbons (Fsp3) is 0.368. The first-order chi connectivity index (χ1) is 11.6. The Hall–Kier alpha value is -2.60. The number of aryl methyl sites for hydroxylation is 3. The van der Waals surface area contributed by atoms with Gasteiger partial charge >= 0.3 is 0 Å². The van der Waals surface area contributed by atoms with E-state index in [0.29, 0.717) is 28.3 Å². The van der Waals surface area contributed by atoms with Crippen molar-refractivity contribution in [2.24, 2.45) is 0 Å². The maximum Gasteiger partial charge on any atom is 0.251 e. The van der Waals surface area contributed by atoms with Crippen molar-refractivity contribution in [1.29, 1.82) is 0 Å². The summed E-state index contributed by atoms with van der Waals surface area (Å²) in [5, 5.41) is 16.1. The van der Waals surface area contributed by atoms with Crippen LogP contribution in [0.25, 0.3) is 0 Å². The number of amides is 2. The Morgan fingerprint density at radius 3 is 2.44 bits per heavy atom. The molecule has 0 spiro atoms. The van der Waals surface area contributed by atoms with Gasteiger partial charge in [0.1, 0.15) is 17.1 Å². The molecular formula is C19H24N2O4. The molecule has 1 atom stereocenters. The van der Waals surface area contributed by atoms with Crippen molar-refractivity contribution in [2.75, 3.05) is 11.9 Å². The fourth-order valence-corrected chi connectivity index (χ4v) is 2.70. The SMILES string of the molecule is CC(=O)Nc1cc(C(=O)NCC(C)(O)c2cc(C)oc2C)ccc1C. The van der Waals surface area contributed by atoms with Gasteiger partial charge in [0.15, 0.2) is 0 Å². The highest BCUT2D eigenvalue weighted by Crippen LogP contribution is 2.26. The molecule has 2 aromatic rings. The highest BCUT2D eigenvalue weighted by Gasteiger charge is 2.28. The molecule has 0 aliphatic rings. The Labute approximate surface area is 147 Å². The van der Waals surface area contributed by atoms with Crippen molar-refractivity contribution in [2.45, 2.75) is 40.2 Å². The van der Waals surface area contributed by atoms with E-state index in [1.165, 1.54) is 6.92 Å². The average molecular weight is 344 g/mol. The molecule has 1 aromatic carbocycles. The minimum atomic E-state index is -1.25. The molecule has 2 rings (SSSR count). The summed E-state index contributed by atoms with van der Waals surface area (Å²) in [6.07, 6.45) is 0. The molecule has 134 valence electrons. The molecular weight excluding hydrogens is 320 g/mol. The number of carbonyl (C=O) groups is 2. The minimum Gasteiger partial charge on any atom is -0.466 e. The molecule has 0 fully saturated rings. The van der Waals surface area contributed by atoms with Gasteiger partial charge in [-0.3, -0.25) is 9.59 Å². The van der Waals surface area contributed by atoms with Crippen LogP contribution in [0.4, 0.5) is 5.69 Å². The Kier molecular flexibility index (Phi) is 5.33. The third kappa shape index (κ3) is 4.48.